The van der Waals surface area contributed by atoms with E-state index in [-0.39, 0.29) is 11.4 Å². The number of fused-ring (bicyclic) bond motifs is 1. The van der Waals surface area contributed by atoms with Crippen LogP contribution in [0, 0.1) is 0 Å². The number of hydrogen-bond donors (Lipinski definition) is 0. The molecule has 0 radical (unpaired) electrons. The van der Waals surface area contributed by atoms with Gasteiger partial charge in [-0.05, 0) is 25.0 Å². The first kappa shape index (κ1) is 7.06. The molecule has 1 aliphatic carbocycles. The average Bonchev–Trinajstić information content (AvgIpc) is 2.85. The van der Waals surface area contributed by atoms with Crippen LogP contribution < -0.4 is 4.74 Å². The van der Waals surface area contributed by atoms with Crippen molar-refractivity contribution in [1.29, 1.82) is 0 Å². The van der Waals surface area contributed by atoms with Crippen LogP contribution in [0.4, 0.5) is 0 Å². The Labute approximate surface area is 75.7 Å². The first-order chi connectivity index (χ1) is 6.29. The number of carbonyl (C=O) groups is 1. The molecule has 1 fully saturated rings. The van der Waals surface area contributed by atoms with Gasteiger partial charge in [0.05, 0.1) is 12.0 Å². The second kappa shape index (κ2) is 2.10. The third-order valence-corrected chi connectivity index (χ3v) is 2.68. The number of ketones is 1. The van der Waals surface area contributed by atoms with E-state index in [1.807, 2.05) is 0 Å². The summed E-state index contributed by atoms with van der Waals surface area (Å²) in [5.74, 6) is 0.697. The van der Waals surface area contributed by atoms with Gasteiger partial charge in [-0.1, -0.05) is 0 Å². The minimum atomic E-state index is -0.168. The Bertz CT molecular complexity index is 382. The molecule has 66 valence electrons. The molecule has 1 aromatic rings. The molecule has 0 atom stereocenters. The van der Waals surface area contributed by atoms with Crippen molar-refractivity contribution >= 4 is 5.78 Å². The molecule has 0 saturated heterocycles. The summed E-state index contributed by atoms with van der Waals surface area (Å²) in [4.78, 5) is 15.7. The average molecular weight is 175 g/mol. The first-order valence-electron chi connectivity index (χ1n) is 4.46. The third-order valence-electron chi connectivity index (χ3n) is 2.68. The molecular weight excluding hydrogens is 166 g/mol. The van der Waals surface area contributed by atoms with Gasteiger partial charge in [0.2, 0.25) is 5.88 Å². The molecule has 0 amide bonds. The van der Waals surface area contributed by atoms with Crippen molar-refractivity contribution in [3.8, 4) is 5.88 Å². The Morgan fingerprint density at radius 2 is 2.31 bits per heavy atom. The van der Waals surface area contributed by atoms with Crippen molar-refractivity contribution in [2.45, 2.75) is 24.9 Å². The van der Waals surface area contributed by atoms with Gasteiger partial charge in [-0.15, -0.1) is 0 Å². The normalized spacial score (nSPS) is 22.3. The van der Waals surface area contributed by atoms with Gasteiger partial charge in [-0.2, -0.15) is 0 Å². The van der Waals surface area contributed by atoms with Crippen LogP contribution >= 0.6 is 0 Å². The van der Waals surface area contributed by atoms with E-state index in [1.54, 1.807) is 18.3 Å². The molecule has 2 aliphatic rings. The molecule has 1 aromatic heterocycles. The standard InChI is InChI=1S/C10H9NO2/c12-8-6-10(3-4-10)13-9-7(8)2-1-5-11-9/h1-2,5H,3-4,6H2. The zero-order valence-corrected chi connectivity index (χ0v) is 7.12. The smallest absolute Gasteiger partial charge is 0.224 e. The number of carbonyl (C=O) groups excluding carboxylic acids is 1. The largest absolute Gasteiger partial charge is 0.470 e. The number of rotatable bonds is 0. The molecule has 0 unspecified atom stereocenters. The predicted octanol–water partition coefficient (Wildman–Crippen LogP) is 1.58. The van der Waals surface area contributed by atoms with Crippen molar-refractivity contribution < 1.29 is 9.53 Å². The second-order valence-electron chi connectivity index (χ2n) is 3.74. The molecule has 2 heterocycles. The van der Waals surface area contributed by atoms with E-state index in [0.29, 0.717) is 17.9 Å². The van der Waals surface area contributed by atoms with E-state index < -0.39 is 0 Å². The van der Waals surface area contributed by atoms with Crippen LogP contribution in [-0.2, 0) is 0 Å². The van der Waals surface area contributed by atoms with E-state index >= 15 is 0 Å². The number of ether oxygens (including phenoxy) is 1. The maximum absolute atomic E-state index is 11.6. The van der Waals surface area contributed by atoms with Gasteiger partial charge in [0.1, 0.15) is 5.60 Å². The second-order valence-corrected chi connectivity index (χ2v) is 3.74. The number of Topliss-reactive ketones (excluding diaryl/α,β-unsaturated/α-hetero) is 1. The van der Waals surface area contributed by atoms with Gasteiger partial charge in [0.15, 0.2) is 5.78 Å². The van der Waals surface area contributed by atoms with Gasteiger partial charge >= 0.3 is 0 Å². The fourth-order valence-electron chi connectivity index (χ4n) is 1.73. The minimum absolute atomic E-state index is 0.168. The predicted molar refractivity (Wildman–Crippen MR) is 45.8 cm³/mol. The van der Waals surface area contributed by atoms with E-state index in [9.17, 15) is 4.79 Å². The Balaban J connectivity index is 2.10. The summed E-state index contributed by atoms with van der Waals surface area (Å²) < 4.78 is 5.67. The summed E-state index contributed by atoms with van der Waals surface area (Å²) in [7, 11) is 0. The maximum atomic E-state index is 11.6. The Morgan fingerprint density at radius 1 is 1.46 bits per heavy atom. The highest BCUT2D eigenvalue weighted by molar-refractivity contribution is 6.00. The lowest BCUT2D eigenvalue weighted by molar-refractivity contribution is 0.0798. The lowest BCUT2D eigenvalue weighted by Gasteiger charge is -2.23. The fraction of sp³-hybridized carbons (Fsp3) is 0.400. The SMILES string of the molecule is O=C1CC2(CC2)Oc2ncccc21. The Hall–Kier alpha value is -1.38. The maximum Gasteiger partial charge on any atom is 0.224 e. The first-order valence-corrected chi connectivity index (χ1v) is 4.46. The number of nitrogens with zero attached hydrogens (tertiary/aromatic N) is 1. The van der Waals surface area contributed by atoms with Crippen LogP contribution in [0.1, 0.15) is 29.6 Å². The van der Waals surface area contributed by atoms with Crippen LogP contribution in [0.25, 0.3) is 0 Å². The topological polar surface area (TPSA) is 39.2 Å². The molecule has 3 nitrogen and oxygen atoms in total. The van der Waals surface area contributed by atoms with E-state index in [4.69, 9.17) is 4.74 Å². The zero-order chi connectivity index (χ0) is 8.89. The lowest BCUT2D eigenvalue weighted by atomic mass is 10.0. The Morgan fingerprint density at radius 3 is 3.08 bits per heavy atom. The van der Waals surface area contributed by atoms with Crippen LogP contribution in [0.5, 0.6) is 5.88 Å². The van der Waals surface area contributed by atoms with Crippen molar-refractivity contribution in [1.82, 2.24) is 4.98 Å². The molecule has 1 saturated carbocycles. The van der Waals surface area contributed by atoms with Crippen LogP contribution in [0.15, 0.2) is 18.3 Å². The zero-order valence-electron chi connectivity index (χ0n) is 7.12. The summed E-state index contributed by atoms with van der Waals surface area (Å²) in [6.45, 7) is 0. The summed E-state index contributed by atoms with van der Waals surface area (Å²) in [6.07, 6.45) is 4.18. The molecule has 13 heavy (non-hydrogen) atoms. The third kappa shape index (κ3) is 0.963. The van der Waals surface area contributed by atoms with E-state index in [1.165, 1.54) is 0 Å². The summed E-state index contributed by atoms with van der Waals surface area (Å²) in [6, 6.07) is 3.55. The minimum Gasteiger partial charge on any atom is -0.470 e. The van der Waals surface area contributed by atoms with Crippen molar-refractivity contribution in [3.63, 3.8) is 0 Å². The number of hydrogen-bond acceptors (Lipinski definition) is 3. The van der Waals surface area contributed by atoms with Gasteiger partial charge in [-0.25, -0.2) is 4.98 Å². The summed E-state index contributed by atoms with van der Waals surface area (Å²) in [5.41, 5.74) is 0.471. The molecule has 0 aromatic carbocycles. The Kier molecular flexibility index (Phi) is 1.14. The highest BCUT2D eigenvalue weighted by atomic mass is 16.5. The van der Waals surface area contributed by atoms with Crippen molar-refractivity contribution in [2.75, 3.05) is 0 Å². The summed E-state index contributed by atoms with van der Waals surface area (Å²) >= 11 is 0. The monoisotopic (exact) mass is 175 g/mol. The van der Waals surface area contributed by atoms with Gasteiger partial charge in [0.25, 0.3) is 0 Å². The number of pyridine rings is 1. The molecule has 1 aliphatic heterocycles. The van der Waals surface area contributed by atoms with E-state index in [2.05, 4.69) is 4.98 Å². The summed E-state index contributed by atoms with van der Waals surface area (Å²) in [5, 5.41) is 0. The van der Waals surface area contributed by atoms with Gasteiger partial charge < -0.3 is 4.74 Å². The highest BCUT2D eigenvalue weighted by Crippen LogP contribution is 2.47. The molecule has 3 heteroatoms. The van der Waals surface area contributed by atoms with Crippen LogP contribution in [0.2, 0.25) is 0 Å². The molecule has 0 N–H and O–H groups in total. The lowest BCUT2D eigenvalue weighted by Crippen LogP contribution is -2.29. The molecule has 1 spiro atoms. The quantitative estimate of drug-likeness (QED) is 0.601. The fourth-order valence-corrected chi connectivity index (χ4v) is 1.73. The van der Waals surface area contributed by atoms with Gasteiger partial charge in [0, 0.05) is 6.20 Å². The molecule has 0 bridgehead atoms. The molecule has 3 rings (SSSR count). The van der Waals surface area contributed by atoms with Gasteiger partial charge in [-0.3, -0.25) is 4.79 Å². The van der Waals surface area contributed by atoms with Crippen molar-refractivity contribution in [3.05, 3.63) is 23.9 Å². The van der Waals surface area contributed by atoms with Crippen LogP contribution in [-0.4, -0.2) is 16.4 Å². The number of aromatic nitrogens is 1. The van der Waals surface area contributed by atoms with Crippen LogP contribution in [0.3, 0.4) is 0 Å². The highest BCUT2D eigenvalue weighted by Gasteiger charge is 2.50. The molecular formula is C10H9NO2. The van der Waals surface area contributed by atoms with Crippen molar-refractivity contribution in [2.24, 2.45) is 0 Å². The van der Waals surface area contributed by atoms with E-state index in [0.717, 1.165) is 12.8 Å².